The largest absolute Gasteiger partial charge is 0.462 e. The number of ether oxygens (including phenoxy) is 1. The Morgan fingerprint density at radius 3 is 2.91 bits per heavy atom. The molecule has 0 atom stereocenters. The zero-order chi connectivity index (χ0) is 16.6. The van der Waals surface area contributed by atoms with Gasteiger partial charge in [-0.05, 0) is 13.0 Å². The zero-order valence-corrected chi connectivity index (χ0v) is 13.0. The van der Waals surface area contributed by atoms with E-state index in [1.165, 1.54) is 11.1 Å². The topological polar surface area (TPSA) is 77.5 Å². The molecule has 1 aromatic rings. The molecule has 120 valence electrons. The van der Waals surface area contributed by atoms with E-state index in [1.807, 2.05) is 0 Å². The molecule has 0 unspecified atom stereocenters. The Morgan fingerprint density at radius 2 is 2.22 bits per heavy atom. The Kier molecular flexibility index (Phi) is 4.06. The van der Waals surface area contributed by atoms with Gasteiger partial charge >= 0.3 is 5.97 Å². The lowest BCUT2D eigenvalue weighted by molar-refractivity contribution is -0.138. The van der Waals surface area contributed by atoms with Crippen molar-refractivity contribution in [1.82, 2.24) is 15.8 Å². The Balaban J connectivity index is 2.04. The third-order valence-electron chi connectivity index (χ3n) is 3.50. The minimum atomic E-state index is -0.489. The Labute approximate surface area is 137 Å². The number of benzene rings is 1. The van der Waals surface area contributed by atoms with E-state index in [4.69, 9.17) is 21.7 Å². The number of carbonyl (C=O) groups is 1. The van der Waals surface area contributed by atoms with Crippen LogP contribution in [0.2, 0.25) is 0 Å². The second-order valence-electron chi connectivity index (χ2n) is 4.86. The molecule has 0 aromatic heterocycles. The van der Waals surface area contributed by atoms with Crippen molar-refractivity contribution in [2.45, 2.75) is 6.92 Å². The molecule has 23 heavy (non-hydrogen) atoms. The zero-order valence-electron chi connectivity index (χ0n) is 12.2. The van der Waals surface area contributed by atoms with Gasteiger partial charge in [0.15, 0.2) is 5.84 Å². The quantitative estimate of drug-likeness (QED) is 0.580. The molecule has 0 spiro atoms. The first-order valence-electron chi connectivity index (χ1n) is 6.99. The van der Waals surface area contributed by atoms with Crippen molar-refractivity contribution >= 4 is 29.0 Å². The summed E-state index contributed by atoms with van der Waals surface area (Å²) in [6.07, 6.45) is 0. The summed E-state index contributed by atoms with van der Waals surface area (Å²) in [7, 11) is 0. The average molecular weight is 337 g/mol. The van der Waals surface area contributed by atoms with Gasteiger partial charge in [-0.15, -0.1) is 0 Å². The fourth-order valence-electron chi connectivity index (χ4n) is 2.46. The van der Waals surface area contributed by atoms with Crippen molar-refractivity contribution in [1.29, 1.82) is 5.41 Å². The van der Waals surface area contributed by atoms with Crippen LogP contribution >= 0.6 is 11.6 Å². The van der Waals surface area contributed by atoms with Crippen molar-refractivity contribution in [3.8, 4) is 0 Å². The van der Waals surface area contributed by atoms with Crippen LogP contribution in [0, 0.1) is 11.2 Å². The molecule has 2 heterocycles. The minimum absolute atomic E-state index is 0.0480. The molecule has 0 amide bonds. The molecule has 1 aromatic carbocycles. The summed E-state index contributed by atoms with van der Waals surface area (Å²) in [6, 6.07) is 6.06. The van der Waals surface area contributed by atoms with Crippen LogP contribution in [0.5, 0.6) is 0 Å². The molecule has 2 aliphatic rings. The lowest BCUT2D eigenvalue weighted by atomic mass is 10.0. The van der Waals surface area contributed by atoms with Gasteiger partial charge in [-0.1, -0.05) is 29.8 Å². The van der Waals surface area contributed by atoms with Gasteiger partial charge in [0.25, 0.3) is 0 Å². The van der Waals surface area contributed by atoms with Crippen LogP contribution in [-0.4, -0.2) is 30.0 Å². The molecule has 2 aliphatic heterocycles. The molecule has 0 saturated heterocycles. The second kappa shape index (κ2) is 6.02. The summed E-state index contributed by atoms with van der Waals surface area (Å²) in [5, 5.41) is 12.6. The van der Waals surface area contributed by atoms with Crippen LogP contribution in [-0.2, 0) is 9.53 Å². The van der Waals surface area contributed by atoms with Gasteiger partial charge in [-0.3, -0.25) is 5.41 Å². The SMILES string of the molecule is CCOC(=O)C1=C2NC(Cl)=C(c3ccccc3F)C(=N)N2NC1. The number of halogens is 2. The highest BCUT2D eigenvalue weighted by molar-refractivity contribution is 6.40. The molecule has 0 radical (unpaired) electrons. The highest BCUT2D eigenvalue weighted by atomic mass is 35.5. The summed E-state index contributed by atoms with van der Waals surface area (Å²) >= 11 is 6.22. The molecule has 3 rings (SSSR count). The molecule has 8 heteroatoms. The van der Waals surface area contributed by atoms with E-state index in [-0.39, 0.29) is 35.3 Å². The van der Waals surface area contributed by atoms with Gasteiger partial charge in [0.1, 0.15) is 16.8 Å². The Bertz CT molecular complexity index is 760. The fourth-order valence-corrected chi connectivity index (χ4v) is 2.74. The summed E-state index contributed by atoms with van der Waals surface area (Å²) in [4.78, 5) is 11.9. The maximum absolute atomic E-state index is 14.0. The van der Waals surface area contributed by atoms with E-state index >= 15 is 0 Å². The number of fused-ring (bicyclic) bond motifs is 1. The normalized spacial score (nSPS) is 17.3. The van der Waals surface area contributed by atoms with Crippen molar-refractivity contribution < 1.29 is 13.9 Å². The second-order valence-corrected chi connectivity index (χ2v) is 5.24. The molecule has 0 aliphatic carbocycles. The molecule has 3 N–H and O–H groups in total. The van der Waals surface area contributed by atoms with Gasteiger partial charge in [-0.25, -0.2) is 19.6 Å². The maximum atomic E-state index is 14.0. The lowest BCUT2D eigenvalue weighted by Crippen LogP contribution is -2.45. The number of hydrogen-bond acceptors (Lipinski definition) is 5. The number of esters is 1. The first kappa shape index (κ1) is 15.5. The van der Waals surface area contributed by atoms with E-state index < -0.39 is 11.8 Å². The van der Waals surface area contributed by atoms with Gasteiger partial charge < -0.3 is 10.1 Å². The van der Waals surface area contributed by atoms with Gasteiger partial charge in [0.2, 0.25) is 0 Å². The van der Waals surface area contributed by atoms with Crippen LogP contribution in [0.1, 0.15) is 12.5 Å². The smallest absolute Gasteiger partial charge is 0.339 e. The third kappa shape index (κ3) is 2.58. The standard InChI is InChI=1S/C15H14ClFN4O2/c1-2-23-15(22)9-7-19-21-13(18)11(12(16)20-14(9)21)8-5-3-4-6-10(8)17/h3-6,18-20H,2,7H2,1H3. The fraction of sp³-hybridized carbons (Fsp3) is 0.200. The van der Waals surface area contributed by atoms with Crippen LogP contribution in [0.15, 0.2) is 40.8 Å². The Hall–Kier alpha value is -2.38. The number of hydrogen-bond donors (Lipinski definition) is 3. The van der Waals surface area contributed by atoms with E-state index in [9.17, 15) is 9.18 Å². The van der Waals surface area contributed by atoms with E-state index in [2.05, 4.69) is 10.7 Å². The molecular weight excluding hydrogens is 323 g/mol. The number of rotatable bonds is 3. The third-order valence-corrected chi connectivity index (χ3v) is 3.78. The van der Waals surface area contributed by atoms with Crippen molar-refractivity contribution in [2.24, 2.45) is 0 Å². The number of amidine groups is 1. The first-order chi connectivity index (χ1) is 11.0. The van der Waals surface area contributed by atoms with Gasteiger partial charge in [0.05, 0.1) is 24.3 Å². The number of nitrogens with one attached hydrogen (secondary N) is 3. The van der Waals surface area contributed by atoms with Crippen LogP contribution < -0.4 is 10.7 Å². The predicted octanol–water partition coefficient (Wildman–Crippen LogP) is 1.91. The Morgan fingerprint density at radius 1 is 1.48 bits per heavy atom. The summed E-state index contributed by atoms with van der Waals surface area (Å²) in [6.45, 7) is 2.15. The first-order valence-corrected chi connectivity index (χ1v) is 7.37. The van der Waals surface area contributed by atoms with E-state index in [0.29, 0.717) is 11.4 Å². The minimum Gasteiger partial charge on any atom is -0.462 e. The molecule has 0 saturated carbocycles. The van der Waals surface area contributed by atoms with Gasteiger partial charge in [-0.2, -0.15) is 0 Å². The van der Waals surface area contributed by atoms with E-state index in [1.54, 1.807) is 25.1 Å². The van der Waals surface area contributed by atoms with E-state index in [0.717, 1.165) is 0 Å². The van der Waals surface area contributed by atoms with Crippen molar-refractivity contribution in [2.75, 3.05) is 13.2 Å². The predicted molar refractivity (Wildman–Crippen MR) is 83.5 cm³/mol. The van der Waals surface area contributed by atoms with Crippen LogP contribution in [0.4, 0.5) is 4.39 Å². The molecular formula is C15H14ClFN4O2. The molecule has 0 fully saturated rings. The van der Waals surface area contributed by atoms with Gasteiger partial charge in [0, 0.05) is 5.56 Å². The van der Waals surface area contributed by atoms with Crippen LogP contribution in [0.3, 0.4) is 0 Å². The summed E-state index contributed by atoms with van der Waals surface area (Å²) < 4.78 is 19.0. The molecule has 0 bridgehead atoms. The number of hydrazine groups is 1. The number of nitrogens with zero attached hydrogens (tertiary/aromatic N) is 1. The maximum Gasteiger partial charge on any atom is 0.339 e. The highest BCUT2D eigenvalue weighted by Crippen LogP contribution is 2.32. The monoisotopic (exact) mass is 336 g/mol. The highest BCUT2D eigenvalue weighted by Gasteiger charge is 2.37. The lowest BCUT2D eigenvalue weighted by Gasteiger charge is -2.30. The summed E-state index contributed by atoms with van der Waals surface area (Å²) in [5.41, 5.74) is 3.65. The van der Waals surface area contributed by atoms with Crippen molar-refractivity contribution in [3.05, 3.63) is 52.2 Å². The van der Waals surface area contributed by atoms with Crippen molar-refractivity contribution in [3.63, 3.8) is 0 Å². The van der Waals surface area contributed by atoms with Crippen LogP contribution in [0.25, 0.3) is 5.57 Å². The summed E-state index contributed by atoms with van der Waals surface area (Å²) in [5.74, 6) is -0.687. The average Bonchev–Trinajstić information content (AvgIpc) is 2.93. The number of carbonyl (C=O) groups excluding carboxylic acids is 1. The molecule has 6 nitrogen and oxygen atoms in total.